The number of alkyl halides is 3. The van der Waals surface area contributed by atoms with Gasteiger partial charge in [-0.05, 0) is 6.07 Å². The SMILES string of the molecule is COc1cc(OC(F)(F)F)cc(-n2cc(-c3cccc4c(=O)cc(N5CCOCC5)[nH]c34)nn2)c1. The number of nitrogens with one attached hydrogen (secondary N) is 1. The predicted molar refractivity (Wildman–Crippen MR) is 121 cm³/mol. The number of aromatic nitrogens is 4. The van der Waals surface area contributed by atoms with Gasteiger partial charge in [-0.25, -0.2) is 4.68 Å². The number of pyridine rings is 1. The van der Waals surface area contributed by atoms with Crippen LogP contribution in [0.5, 0.6) is 11.5 Å². The van der Waals surface area contributed by atoms with Crippen molar-refractivity contribution in [3.05, 3.63) is 58.9 Å². The number of nitrogens with zero attached hydrogens (tertiary/aromatic N) is 4. The number of anilines is 1. The molecule has 1 N–H and O–H groups in total. The van der Waals surface area contributed by atoms with E-state index in [1.807, 2.05) is 4.90 Å². The molecule has 0 atom stereocenters. The van der Waals surface area contributed by atoms with E-state index >= 15 is 0 Å². The second kappa shape index (κ2) is 8.95. The van der Waals surface area contributed by atoms with Crippen molar-refractivity contribution in [1.29, 1.82) is 0 Å². The predicted octanol–water partition coefficient (Wildman–Crippen LogP) is 3.52. The number of para-hydroxylation sites is 1. The summed E-state index contributed by atoms with van der Waals surface area (Å²) in [6, 6.07) is 10.6. The molecule has 0 aliphatic carbocycles. The molecule has 5 rings (SSSR count). The van der Waals surface area contributed by atoms with Crippen LogP contribution in [0.3, 0.4) is 0 Å². The van der Waals surface area contributed by atoms with Gasteiger partial charge in [-0.1, -0.05) is 17.3 Å². The van der Waals surface area contributed by atoms with Gasteiger partial charge in [0.2, 0.25) is 0 Å². The minimum atomic E-state index is -4.86. The van der Waals surface area contributed by atoms with E-state index < -0.39 is 12.1 Å². The summed E-state index contributed by atoms with van der Waals surface area (Å²) in [5.74, 6) is 0.379. The monoisotopic (exact) mass is 487 g/mol. The maximum absolute atomic E-state index is 12.8. The number of hydrogen-bond acceptors (Lipinski definition) is 7. The van der Waals surface area contributed by atoms with Crippen molar-refractivity contribution in [2.45, 2.75) is 6.36 Å². The standard InChI is InChI=1S/C23H20F3N5O4/c1-33-15-9-14(10-16(11-15)35-23(24,25)26)31-13-19(28-29-31)17-3-2-4-18-20(32)12-21(27-22(17)18)30-5-7-34-8-6-30/h2-4,9-13H,5-8H2,1H3,(H,27,32). The van der Waals surface area contributed by atoms with Crippen molar-refractivity contribution in [3.63, 3.8) is 0 Å². The molecule has 12 heteroatoms. The lowest BCUT2D eigenvalue weighted by atomic mass is 10.1. The molecule has 1 aliphatic heterocycles. The highest BCUT2D eigenvalue weighted by atomic mass is 19.4. The molecule has 1 aliphatic rings. The number of methoxy groups -OCH3 is 1. The van der Waals surface area contributed by atoms with Gasteiger partial charge in [-0.3, -0.25) is 4.79 Å². The molecule has 0 amide bonds. The third kappa shape index (κ3) is 4.78. The van der Waals surface area contributed by atoms with E-state index in [9.17, 15) is 18.0 Å². The Kier molecular flexibility index (Phi) is 5.81. The summed E-state index contributed by atoms with van der Waals surface area (Å²) in [6.07, 6.45) is -3.30. The molecule has 35 heavy (non-hydrogen) atoms. The van der Waals surface area contributed by atoms with Gasteiger partial charge in [0.05, 0.1) is 37.7 Å². The third-order valence-electron chi connectivity index (χ3n) is 5.57. The molecule has 4 aromatic rings. The van der Waals surface area contributed by atoms with Crippen LogP contribution in [0.25, 0.3) is 27.8 Å². The zero-order chi connectivity index (χ0) is 24.6. The highest BCUT2D eigenvalue weighted by Crippen LogP contribution is 2.31. The van der Waals surface area contributed by atoms with E-state index in [0.29, 0.717) is 54.3 Å². The zero-order valence-corrected chi connectivity index (χ0v) is 18.5. The number of ether oxygens (including phenoxy) is 3. The molecular formula is C23H20F3N5O4. The topological polar surface area (TPSA) is 94.5 Å². The van der Waals surface area contributed by atoms with Gasteiger partial charge in [-0.15, -0.1) is 18.3 Å². The van der Waals surface area contributed by atoms with E-state index in [1.54, 1.807) is 30.5 Å². The fourth-order valence-electron chi connectivity index (χ4n) is 3.96. The van der Waals surface area contributed by atoms with Crippen LogP contribution in [0.4, 0.5) is 19.0 Å². The van der Waals surface area contributed by atoms with E-state index in [1.165, 1.54) is 23.9 Å². The molecule has 3 heterocycles. The second-order valence-electron chi connectivity index (χ2n) is 7.81. The Hall–Kier alpha value is -4.06. The molecule has 1 fully saturated rings. The first kappa shape index (κ1) is 22.7. The third-order valence-corrected chi connectivity index (χ3v) is 5.57. The lowest BCUT2D eigenvalue weighted by Gasteiger charge is -2.28. The molecule has 1 saturated heterocycles. The zero-order valence-electron chi connectivity index (χ0n) is 18.5. The fourth-order valence-corrected chi connectivity index (χ4v) is 3.96. The second-order valence-corrected chi connectivity index (χ2v) is 7.81. The Morgan fingerprint density at radius 1 is 1.09 bits per heavy atom. The van der Waals surface area contributed by atoms with Crippen molar-refractivity contribution in [2.75, 3.05) is 38.3 Å². The lowest BCUT2D eigenvalue weighted by Crippen LogP contribution is -2.37. The molecule has 0 radical (unpaired) electrons. The van der Waals surface area contributed by atoms with Gasteiger partial charge in [-0.2, -0.15) is 0 Å². The minimum absolute atomic E-state index is 0.142. The minimum Gasteiger partial charge on any atom is -0.497 e. The van der Waals surface area contributed by atoms with E-state index in [2.05, 4.69) is 20.0 Å². The summed E-state index contributed by atoms with van der Waals surface area (Å²) < 4.78 is 54.1. The summed E-state index contributed by atoms with van der Waals surface area (Å²) in [5.41, 5.74) is 1.74. The quantitative estimate of drug-likeness (QED) is 0.460. The van der Waals surface area contributed by atoms with Crippen molar-refractivity contribution in [1.82, 2.24) is 20.0 Å². The number of H-pyrrole nitrogens is 1. The molecule has 2 aromatic carbocycles. The Bertz CT molecular complexity index is 1430. The van der Waals surface area contributed by atoms with Crippen molar-refractivity contribution in [3.8, 4) is 28.4 Å². The largest absolute Gasteiger partial charge is 0.573 e. The van der Waals surface area contributed by atoms with Crippen LogP contribution in [0.15, 0.2) is 53.5 Å². The van der Waals surface area contributed by atoms with Gasteiger partial charge >= 0.3 is 6.36 Å². The molecule has 9 nitrogen and oxygen atoms in total. The molecule has 2 aromatic heterocycles. The van der Waals surface area contributed by atoms with Crippen LogP contribution >= 0.6 is 0 Å². The molecule has 0 bridgehead atoms. The number of rotatable bonds is 5. The summed E-state index contributed by atoms with van der Waals surface area (Å²) in [6.45, 7) is 2.43. The number of benzene rings is 2. The molecule has 182 valence electrons. The van der Waals surface area contributed by atoms with Gasteiger partial charge < -0.3 is 24.1 Å². The van der Waals surface area contributed by atoms with Crippen LogP contribution in [0, 0.1) is 0 Å². The summed E-state index contributed by atoms with van der Waals surface area (Å²) in [4.78, 5) is 18.2. The first-order valence-electron chi connectivity index (χ1n) is 10.7. The summed E-state index contributed by atoms with van der Waals surface area (Å²) in [5, 5.41) is 8.75. The van der Waals surface area contributed by atoms with Crippen LogP contribution in [0.2, 0.25) is 0 Å². The molecule has 0 spiro atoms. The number of fused-ring (bicyclic) bond motifs is 1. The van der Waals surface area contributed by atoms with E-state index in [-0.39, 0.29) is 16.9 Å². The summed E-state index contributed by atoms with van der Waals surface area (Å²) in [7, 11) is 1.34. The number of aromatic amines is 1. The first-order chi connectivity index (χ1) is 16.8. The average Bonchev–Trinajstić information content (AvgIpc) is 3.33. The van der Waals surface area contributed by atoms with E-state index in [0.717, 1.165) is 6.07 Å². The molecular weight excluding hydrogens is 467 g/mol. The lowest BCUT2D eigenvalue weighted by molar-refractivity contribution is -0.274. The molecule has 0 saturated carbocycles. The van der Waals surface area contributed by atoms with Crippen LogP contribution in [-0.2, 0) is 4.74 Å². The number of morpholine rings is 1. The summed E-state index contributed by atoms with van der Waals surface area (Å²) >= 11 is 0. The highest BCUT2D eigenvalue weighted by molar-refractivity contribution is 5.93. The number of halogens is 3. The maximum atomic E-state index is 12.8. The van der Waals surface area contributed by atoms with Crippen molar-refractivity contribution < 1.29 is 27.4 Å². The van der Waals surface area contributed by atoms with Gasteiger partial charge in [0.15, 0.2) is 5.43 Å². The van der Waals surface area contributed by atoms with Gasteiger partial charge in [0.1, 0.15) is 23.0 Å². The van der Waals surface area contributed by atoms with Gasteiger partial charge in [0.25, 0.3) is 0 Å². The Balaban J connectivity index is 1.56. The normalized spacial score (nSPS) is 14.3. The number of hydrogen-bond donors (Lipinski definition) is 1. The average molecular weight is 487 g/mol. The Morgan fingerprint density at radius 2 is 1.86 bits per heavy atom. The molecule has 0 unspecified atom stereocenters. The van der Waals surface area contributed by atoms with Gasteiger partial charge in [0, 0.05) is 48.3 Å². The first-order valence-corrected chi connectivity index (χ1v) is 10.7. The van der Waals surface area contributed by atoms with Crippen LogP contribution < -0.4 is 19.8 Å². The fraction of sp³-hybridized carbons (Fsp3) is 0.261. The van der Waals surface area contributed by atoms with E-state index in [4.69, 9.17) is 9.47 Å². The van der Waals surface area contributed by atoms with Crippen LogP contribution in [-0.4, -0.2) is 59.8 Å². The Labute approximate surface area is 196 Å². The smallest absolute Gasteiger partial charge is 0.497 e. The Morgan fingerprint density at radius 3 is 2.60 bits per heavy atom. The van der Waals surface area contributed by atoms with Crippen LogP contribution in [0.1, 0.15) is 0 Å². The van der Waals surface area contributed by atoms with Crippen molar-refractivity contribution >= 4 is 16.7 Å². The maximum Gasteiger partial charge on any atom is 0.573 e. The van der Waals surface area contributed by atoms with Crippen molar-refractivity contribution in [2.24, 2.45) is 0 Å². The highest BCUT2D eigenvalue weighted by Gasteiger charge is 2.31.